The fraction of sp³-hybridized carbons (Fsp3) is 1.00. The van der Waals surface area contributed by atoms with Gasteiger partial charge in [-0.1, -0.05) is 20.8 Å². The monoisotopic (exact) mass is 181 g/mol. The van der Waals surface area contributed by atoms with Gasteiger partial charge in [0.1, 0.15) is 0 Å². The highest BCUT2D eigenvalue weighted by Gasteiger charge is 2.60. The van der Waals surface area contributed by atoms with Crippen molar-refractivity contribution in [1.29, 1.82) is 0 Å². The van der Waals surface area contributed by atoms with E-state index in [1.54, 1.807) is 0 Å². The summed E-state index contributed by atoms with van der Waals surface area (Å²) in [5, 5.41) is 0. The maximum Gasteiger partial charge on any atom is -0.00744 e. The molecule has 3 atom stereocenters. The van der Waals surface area contributed by atoms with Crippen LogP contribution in [0.4, 0.5) is 0 Å². The van der Waals surface area contributed by atoms with Gasteiger partial charge in [-0.25, -0.2) is 0 Å². The molecule has 76 valence electrons. The highest BCUT2D eigenvalue weighted by molar-refractivity contribution is 5.09. The molecule has 0 radical (unpaired) electrons. The summed E-state index contributed by atoms with van der Waals surface area (Å²) in [6.45, 7) is 8.33. The van der Waals surface area contributed by atoms with Gasteiger partial charge in [0, 0.05) is 0 Å². The summed E-state index contributed by atoms with van der Waals surface area (Å²) < 4.78 is 0. The van der Waals surface area contributed by atoms with Crippen LogP contribution in [-0.4, -0.2) is 6.54 Å². The lowest BCUT2D eigenvalue weighted by Gasteiger charge is -2.39. The molecule has 3 unspecified atom stereocenters. The van der Waals surface area contributed by atoms with Crippen LogP contribution in [0, 0.1) is 22.7 Å². The molecule has 2 bridgehead atoms. The van der Waals surface area contributed by atoms with E-state index in [-0.39, 0.29) is 0 Å². The largest absolute Gasteiger partial charge is 0.330 e. The van der Waals surface area contributed by atoms with E-state index >= 15 is 0 Å². The molecule has 0 amide bonds. The Labute approximate surface area is 82.1 Å². The number of rotatable bonds is 2. The van der Waals surface area contributed by atoms with Crippen LogP contribution in [0.5, 0.6) is 0 Å². The summed E-state index contributed by atoms with van der Waals surface area (Å²) in [6.07, 6.45) is 5.59. The Hall–Kier alpha value is -0.0400. The van der Waals surface area contributed by atoms with Crippen molar-refractivity contribution in [3.8, 4) is 0 Å². The molecular weight excluding hydrogens is 158 g/mol. The Morgan fingerprint density at radius 3 is 2.38 bits per heavy atom. The molecule has 2 aliphatic rings. The highest BCUT2D eigenvalue weighted by Crippen LogP contribution is 2.68. The molecule has 0 aliphatic heterocycles. The fourth-order valence-corrected chi connectivity index (χ4v) is 4.01. The molecule has 0 aromatic carbocycles. The summed E-state index contributed by atoms with van der Waals surface area (Å²) in [5.74, 6) is 1.89. The van der Waals surface area contributed by atoms with E-state index < -0.39 is 0 Å². The van der Waals surface area contributed by atoms with Gasteiger partial charge in [0.15, 0.2) is 0 Å². The molecule has 2 rings (SSSR count). The zero-order chi connectivity index (χ0) is 9.69. The van der Waals surface area contributed by atoms with E-state index in [9.17, 15) is 0 Å². The second-order valence-electron chi connectivity index (χ2n) is 5.88. The first-order chi connectivity index (χ1) is 6.02. The van der Waals surface area contributed by atoms with E-state index in [4.69, 9.17) is 5.73 Å². The summed E-state index contributed by atoms with van der Waals surface area (Å²) in [6, 6.07) is 0. The Morgan fingerprint density at radius 1 is 1.31 bits per heavy atom. The number of hydrogen-bond acceptors (Lipinski definition) is 1. The fourth-order valence-electron chi connectivity index (χ4n) is 4.01. The van der Waals surface area contributed by atoms with Crippen molar-refractivity contribution >= 4 is 0 Å². The predicted molar refractivity (Wildman–Crippen MR) is 56.4 cm³/mol. The lowest BCUT2D eigenvalue weighted by molar-refractivity contribution is 0.0991. The van der Waals surface area contributed by atoms with Gasteiger partial charge in [0.2, 0.25) is 0 Å². The van der Waals surface area contributed by atoms with E-state index in [0.717, 1.165) is 18.4 Å². The highest BCUT2D eigenvalue weighted by atomic mass is 14.7. The van der Waals surface area contributed by atoms with Crippen molar-refractivity contribution in [1.82, 2.24) is 0 Å². The van der Waals surface area contributed by atoms with Crippen molar-refractivity contribution in [2.45, 2.75) is 46.5 Å². The van der Waals surface area contributed by atoms with Crippen molar-refractivity contribution in [3.05, 3.63) is 0 Å². The van der Waals surface area contributed by atoms with E-state index in [1.807, 2.05) is 0 Å². The number of fused-ring (bicyclic) bond motifs is 2. The molecule has 0 heterocycles. The van der Waals surface area contributed by atoms with Gasteiger partial charge in [-0.2, -0.15) is 0 Å². The van der Waals surface area contributed by atoms with Gasteiger partial charge in [-0.3, -0.25) is 0 Å². The topological polar surface area (TPSA) is 26.0 Å². The molecule has 0 saturated heterocycles. The van der Waals surface area contributed by atoms with Gasteiger partial charge in [-0.05, 0) is 54.9 Å². The van der Waals surface area contributed by atoms with Crippen LogP contribution >= 0.6 is 0 Å². The average molecular weight is 181 g/mol. The maximum absolute atomic E-state index is 5.69. The van der Waals surface area contributed by atoms with Crippen LogP contribution in [0.1, 0.15) is 46.5 Å². The second-order valence-corrected chi connectivity index (χ2v) is 5.88. The van der Waals surface area contributed by atoms with Crippen molar-refractivity contribution in [2.75, 3.05) is 6.54 Å². The van der Waals surface area contributed by atoms with Crippen LogP contribution in [-0.2, 0) is 0 Å². The molecule has 0 aromatic heterocycles. The molecule has 2 aliphatic carbocycles. The third-order valence-corrected chi connectivity index (χ3v) is 5.49. The van der Waals surface area contributed by atoms with Crippen LogP contribution in [0.2, 0.25) is 0 Å². The van der Waals surface area contributed by atoms with Gasteiger partial charge in [0.25, 0.3) is 0 Å². The Balaban J connectivity index is 2.22. The predicted octanol–water partition coefficient (Wildman–Crippen LogP) is 2.80. The standard InChI is InChI=1S/C12H23N/c1-11(2)9-4-6-12(11,3)10(8-9)5-7-13/h9-10H,4-8,13H2,1-3H3. The summed E-state index contributed by atoms with van der Waals surface area (Å²) in [7, 11) is 0. The van der Waals surface area contributed by atoms with Crippen LogP contribution in [0.25, 0.3) is 0 Å². The molecular formula is C12H23N. The number of hydrogen-bond donors (Lipinski definition) is 1. The van der Waals surface area contributed by atoms with E-state index in [1.165, 1.54) is 25.7 Å². The normalized spacial score (nSPS) is 47.1. The van der Waals surface area contributed by atoms with Crippen LogP contribution in [0.15, 0.2) is 0 Å². The average Bonchev–Trinajstić information content (AvgIpc) is 2.37. The minimum atomic E-state index is 0.576. The first kappa shape index (κ1) is 9.51. The first-order valence-corrected chi connectivity index (χ1v) is 5.72. The molecule has 13 heavy (non-hydrogen) atoms. The summed E-state index contributed by atoms with van der Waals surface area (Å²) >= 11 is 0. The maximum atomic E-state index is 5.69. The summed E-state index contributed by atoms with van der Waals surface area (Å²) in [5.41, 5.74) is 6.86. The lowest BCUT2D eigenvalue weighted by Crippen LogP contribution is -2.33. The Bertz CT molecular complexity index is 209. The third kappa shape index (κ3) is 1.03. The molecule has 0 aromatic rings. The van der Waals surface area contributed by atoms with Gasteiger partial charge in [0.05, 0.1) is 0 Å². The zero-order valence-corrected chi connectivity index (χ0v) is 9.27. The minimum Gasteiger partial charge on any atom is -0.330 e. The van der Waals surface area contributed by atoms with Gasteiger partial charge >= 0.3 is 0 Å². The second kappa shape index (κ2) is 2.73. The smallest absolute Gasteiger partial charge is 0.00744 e. The molecule has 2 fully saturated rings. The molecule has 0 spiro atoms. The molecule has 2 N–H and O–H groups in total. The van der Waals surface area contributed by atoms with Crippen LogP contribution in [0.3, 0.4) is 0 Å². The minimum absolute atomic E-state index is 0.576. The number of nitrogens with two attached hydrogens (primary N) is 1. The van der Waals surface area contributed by atoms with E-state index in [0.29, 0.717) is 10.8 Å². The zero-order valence-electron chi connectivity index (χ0n) is 9.27. The van der Waals surface area contributed by atoms with Crippen LogP contribution < -0.4 is 5.73 Å². The van der Waals surface area contributed by atoms with E-state index in [2.05, 4.69) is 20.8 Å². The Kier molecular flexibility index (Phi) is 1.99. The first-order valence-electron chi connectivity index (χ1n) is 5.72. The molecule has 1 nitrogen and oxygen atoms in total. The SMILES string of the molecule is CC1(C)C2CCC1(C)C(CCN)C2. The summed E-state index contributed by atoms with van der Waals surface area (Å²) in [4.78, 5) is 0. The lowest BCUT2D eigenvalue weighted by atomic mass is 9.66. The van der Waals surface area contributed by atoms with Crippen molar-refractivity contribution in [2.24, 2.45) is 28.4 Å². The Morgan fingerprint density at radius 2 is 2.00 bits per heavy atom. The van der Waals surface area contributed by atoms with Crippen molar-refractivity contribution < 1.29 is 0 Å². The third-order valence-electron chi connectivity index (χ3n) is 5.49. The quantitative estimate of drug-likeness (QED) is 0.696. The molecule has 2 saturated carbocycles. The molecule has 1 heteroatoms. The van der Waals surface area contributed by atoms with Gasteiger partial charge in [-0.15, -0.1) is 0 Å². The van der Waals surface area contributed by atoms with Crippen molar-refractivity contribution in [3.63, 3.8) is 0 Å². The van der Waals surface area contributed by atoms with Gasteiger partial charge < -0.3 is 5.73 Å².